The second kappa shape index (κ2) is 10.7. The van der Waals surface area contributed by atoms with E-state index in [-0.39, 0.29) is 12.5 Å². The molecule has 0 atom stereocenters. The van der Waals surface area contributed by atoms with Gasteiger partial charge in [-0.25, -0.2) is 23.7 Å². The Balaban J connectivity index is 1.14. The highest BCUT2D eigenvalue weighted by Crippen LogP contribution is 2.34. The predicted octanol–water partition coefficient (Wildman–Crippen LogP) is 5.78. The van der Waals surface area contributed by atoms with Crippen LogP contribution in [0.4, 0.5) is 20.4 Å². The maximum absolute atomic E-state index is 13.5. The molecule has 0 aliphatic carbocycles. The predicted molar refractivity (Wildman–Crippen MR) is 149 cm³/mol. The maximum atomic E-state index is 13.5. The first-order chi connectivity index (χ1) is 19.0. The van der Waals surface area contributed by atoms with Crippen LogP contribution in [0.5, 0.6) is 0 Å². The molecular weight excluding hydrogens is 518 g/mol. The van der Waals surface area contributed by atoms with Crippen molar-refractivity contribution in [2.45, 2.75) is 19.5 Å². The van der Waals surface area contributed by atoms with E-state index in [0.29, 0.717) is 23.5 Å². The Kier molecular flexibility index (Phi) is 6.85. The van der Waals surface area contributed by atoms with Gasteiger partial charge in [-0.15, -0.1) is 11.3 Å². The minimum absolute atomic E-state index is 0.0644. The van der Waals surface area contributed by atoms with E-state index in [1.54, 1.807) is 36.0 Å². The number of anilines is 2. The van der Waals surface area contributed by atoms with E-state index < -0.39 is 11.6 Å². The summed E-state index contributed by atoms with van der Waals surface area (Å²) in [5.74, 6) is -0.811. The fourth-order valence-electron chi connectivity index (χ4n) is 4.43. The SMILES string of the molecule is O=C(NCc1ccc(F)c(F)c1)c1cccnc1NCc1ccc(-c2ccc3ncnc(N4CCC4)c3c2)s1. The Bertz CT molecular complexity index is 1670. The molecule has 0 spiro atoms. The summed E-state index contributed by atoms with van der Waals surface area (Å²) in [6.45, 7) is 2.59. The zero-order chi connectivity index (χ0) is 26.8. The molecule has 1 amide bonds. The lowest BCUT2D eigenvalue weighted by Gasteiger charge is -2.32. The lowest BCUT2D eigenvalue weighted by Crippen LogP contribution is -2.37. The molecule has 1 aliphatic rings. The van der Waals surface area contributed by atoms with Crippen molar-refractivity contribution in [2.24, 2.45) is 0 Å². The molecule has 10 heteroatoms. The number of pyridine rings is 1. The number of benzene rings is 2. The van der Waals surface area contributed by atoms with Gasteiger partial charge in [0.2, 0.25) is 0 Å². The van der Waals surface area contributed by atoms with Crippen LogP contribution in [0.3, 0.4) is 0 Å². The third kappa shape index (κ3) is 5.28. The molecule has 2 aromatic carbocycles. The average Bonchev–Trinajstić information content (AvgIpc) is 3.41. The summed E-state index contributed by atoms with van der Waals surface area (Å²) in [5, 5.41) is 7.05. The highest BCUT2D eigenvalue weighted by atomic mass is 32.1. The standard InChI is InChI=1S/C29H24F2N6OS/c30-23-7-4-18(13-24(23)31)15-34-29(38)21-3-1-10-32-27(21)33-16-20-6-9-26(39-20)19-5-8-25-22(14-19)28(36-17-35-25)37-11-2-12-37/h1,3-10,13-14,17H,2,11-12,15-16H2,(H,32,33)(H,34,38). The third-order valence-electron chi connectivity index (χ3n) is 6.64. The molecule has 1 fully saturated rings. The van der Waals surface area contributed by atoms with Crippen molar-refractivity contribution in [3.63, 3.8) is 0 Å². The van der Waals surface area contributed by atoms with Gasteiger partial charge in [-0.2, -0.15) is 0 Å². The first-order valence-corrected chi connectivity index (χ1v) is 13.4. The molecule has 3 aromatic heterocycles. The van der Waals surface area contributed by atoms with Gasteiger partial charge in [0.1, 0.15) is 18.0 Å². The van der Waals surface area contributed by atoms with E-state index in [0.717, 1.165) is 57.3 Å². The molecule has 2 N–H and O–H groups in total. The number of nitrogens with one attached hydrogen (secondary N) is 2. The van der Waals surface area contributed by atoms with Gasteiger partial charge >= 0.3 is 0 Å². The van der Waals surface area contributed by atoms with Crippen LogP contribution in [-0.2, 0) is 13.1 Å². The van der Waals surface area contributed by atoms with Gasteiger partial charge in [-0.3, -0.25) is 4.79 Å². The second-order valence-electron chi connectivity index (χ2n) is 9.22. The molecule has 5 aromatic rings. The number of thiophene rings is 1. The molecule has 0 radical (unpaired) electrons. The van der Waals surface area contributed by atoms with Gasteiger partial charge < -0.3 is 15.5 Å². The number of aromatic nitrogens is 3. The van der Waals surface area contributed by atoms with Gasteiger partial charge in [-0.1, -0.05) is 12.1 Å². The van der Waals surface area contributed by atoms with Crippen molar-refractivity contribution in [1.82, 2.24) is 20.3 Å². The molecule has 39 heavy (non-hydrogen) atoms. The number of hydrogen-bond donors (Lipinski definition) is 2. The van der Waals surface area contributed by atoms with Gasteiger partial charge in [0.05, 0.1) is 17.6 Å². The molecule has 1 aliphatic heterocycles. The normalized spacial score (nSPS) is 12.8. The molecule has 0 saturated carbocycles. The highest BCUT2D eigenvalue weighted by Gasteiger charge is 2.19. The quantitative estimate of drug-likeness (QED) is 0.259. The van der Waals surface area contributed by atoms with Crippen LogP contribution in [0.15, 0.2) is 73.2 Å². The molecule has 6 rings (SSSR count). The first-order valence-electron chi connectivity index (χ1n) is 12.5. The number of halogens is 2. The topological polar surface area (TPSA) is 83.0 Å². The van der Waals surface area contributed by atoms with E-state index in [1.165, 1.54) is 12.5 Å². The highest BCUT2D eigenvalue weighted by molar-refractivity contribution is 7.15. The molecule has 0 unspecified atom stereocenters. The summed E-state index contributed by atoms with van der Waals surface area (Å²) in [4.78, 5) is 30.6. The summed E-state index contributed by atoms with van der Waals surface area (Å²) in [6.07, 6.45) is 4.42. The lowest BCUT2D eigenvalue weighted by molar-refractivity contribution is 0.0951. The largest absolute Gasteiger partial charge is 0.365 e. The number of nitrogens with zero attached hydrogens (tertiary/aromatic N) is 4. The lowest BCUT2D eigenvalue weighted by atomic mass is 10.1. The molecule has 4 heterocycles. The minimum Gasteiger partial charge on any atom is -0.365 e. The van der Waals surface area contributed by atoms with E-state index in [1.807, 2.05) is 6.07 Å². The first kappa shape index (κ1) is 24.9. The van der Waals surface area contributed by atoms with Crippen LogP contribution >= 0.6 is 11.3 Å². The van der Waals surface area contributed by atoms with Crippen molar-refractivity contribution in [2.75, 3.05) is 23.3 Å². The van der Waals surface area contributed by atoms with Gasteiger partial charge in [0, 0.05) is 41.0 Å². The zero-order valence-electron chi connectivity index (χ0n) is 20.8. The fourth-order valence-corrected chi connectivity index (χ4v) is 5.38. The minimum atomic E-state index is -0.950. The van der Waals surface area contributed by atoms with E-state index in [9.17, 15) is 13.6 Å². The number of rotatable bonds is 8. The molecule has 7 nitrogen and oxygen atoms in total. The summed E-state index contributed by atoms with van der Waals surface area (Å²) >= 11 is 1.66. The van der Waals surface area contributed by atoms with Crippen LogP contribution in [-0.4, -0.2) is 33.9 Å². The van der Waals surface area contributed by atoms with Crippen molar-refractivity contribution >= 4 is 39.8 Å². The van der Waals surface area contributed by atoms with Crippen LogP contribution < -0.4 is 15.5 Å². The number of fused-ring (bicyclic) bond motifs is 1. The van der Waals surface area contributed by atoms with E-state index >= 15 is 0 Å². The van der Waals surface area contributed by atoms with Gasteiger partial charge in [0.15, 0.2) is 11.6 Å². The molecular formula is C29H24F2N6OS. The Morgan fingerprint density at radius 1 is 0.949 bits per heavy atom. The van der Waals surface area contributed by atoms with E-state index in [2.05, 4.69) is 54.8 Å². The smallest absolute Gasteiger partial charge is 0.255 e. The van der Waals surface area contributed by atoms with Crippen LogP contribution in [0.25, 0.3) is 21.3 Å². The van der Waals surface area contributed by atoms with Gasteiger partial charge in [0.25, 0.3) is 5.91 Å². The number of amides is 1. The Morgan fingerprint density at radius 3 is 2.67 bits per heavy atom. The number of carbonyl (C=O) groups excluding carboxylic acids is 1. The zero-order valence-corrected chi connectivity index (χ0v) is 21.6. The maximum Gasteiger partial charge on any atom is 0.255 e. The Morgan fingerprint density at radius 2 is 1.85 bits per heavy atom. The summed E-state index contributed by atoms with van der Waals surface area (Å²) in [7, 11) is 0. The number of hydrogen-bond acceptors (Lipinski definition) is 7. The van der Waals surface area contributed by atoms with Crippen molar-refractivity contribution < 1.29 is 13.6 Å². The van der Waals surface area contributed by atoms with Crippen molar-refractivity contribution in [3.8, 4) is 10.4 Å². The average molecular weight is 543 g/mol. The molecule has 0 bridgehead atoms. The Hall–Kier alpha value is -4.44. The summed E-state index contributed by atoms with van der Waals surface area (Å²) in [5.41, 5.74) is 2.86. The Labute approximate surface area is 227 Å². The molecule has 1 saturated heterocycles. The van der Waals surface area contributed by atoms with E-state index in [4.69, 9.17) is 0 Å². The van der Waals surface area contributed by atoms with Crippen LogP contribution in [0, 0.1) is 11.6 Å². The summed E-state index contributed by atoms with van der Waals surface area (Å²) in [6, 6.07) is 17.3. The third-order valence-corrected chi connectivity index (χ3v) is 7.77. The monoisotopic (exact) mass is 542 g/mol. The van der Waals surface area contributed by atoms with Crippen molar-refractivity contribution in [1.29, 1.82) is 0 Å². The van der Waals surface area contributed by atoms with Crippen LogP contribution in [0.2, 0.25) is 0 Å². The fraction of sp³-hybridized carbons (Fsp3) is 0.172. The van der Waals surface area contributed by atoms with Crippen molar-refractivity contribution in [3.05, 3.63) is 101 Å². The number of carbonyl (C=O) groups is 1. The molecule has 196 valence electrons. The van der Waals surface area contributed by atoms with Gasteiger partial charge in [-0.05, 0) is 66.1 Å². The van der Waals surface area contributed by atoms with Crippen LogP contribution in [0.1, 0.15) is 27.2 Å². The second-order valence-corrected chi connectivity index (χ2v) is 10.4. The summed E-state index contributed by atoms with van der Waals surface area (Å²) < 4.78 is 26.7.